The number of fused-ring (bicyclic) bond motifs is 3. The average molecular weight is 532 g/mol. The molecule has 3 rings (SSSR count). The van der Waals surface area contributed by atoms with Gasteiger partial charge in [0.1, 0.15) is 24.6 Å². The van der Waals surface area contributed by atoms with Gasteiger partial charge in [0.05, 0.1) is 12.5 Å². The molecule has 2 N–H and O–H groups in total. The highest BCUT2D eigenvalue weighted by Crippen LogP contribution is 2.25. The van der Waals surface area contributed by atoms with Gasteiger partial charge in [0.15, 0.2) is 11.6 Å². The van der Waals surface area contributed by atoms with Crippen LogP contribution in [0, 0.1) is 11.8 Å². The third-order valence-corrected chi connectivity index (χ3v) is 6.66. The van der Waals surface area contributed by atoms with Crippen LogP contribution in [0.5, 0.6) is 0 Å². The Labute approximate surface area is 222 Å². The third-order valence-electron chi connectivity index (χ3n) is 6.66. The number of esters is 1. The highest BCUT2D eigenvalue weighted by atomic mass is 19.1. The summed E-state index contributed by atoms with van der Waals surface area (Å²) < 4.78 is 25.8. The van der Waals surface area contributed by atoms with Crippen LogP contribution in [0.2, 0.25) is 0 Å². The maximum atomic E-state index is 14.6. The smallest absolute Gasteiger partial charge is 0.329 e. The van der Waals surface area contributed by atoms with Crippen LogP contribution in [0.15, 0.2) is 46.6 Å². The minimum absolute atomic E-state index is 0.00515. The number of carbonyl (C=O) groups excluding carboxylic acids is 3. The second-order valence-electron chi connectivity index (χ2n) is 10.3. The molecule has 2 aliphatic heterocycles. The molecule has 0 radical (unpaired) electrons. The van der Waals surface area contributed by atoms with Gasteiger partial charge < -0.3 is 24.5 Å². The van der Waals surface area contributed by atoms with Crippen molar-refractivity contribution in [2.75, 3.05) is 13.1 Å². The van der Waals surface area contributed by atoms with Crippen LogP contribution in [0.25, 0.3) is 0 Å². The number of alkyl halides is 1. The van der Waals surface area contributed by atoms with E-state index in [-0.39, 0.29) is 48.7 Å². The molecule has 0 aromatic carbocycles. The van der Waals surface area contributed by atoms with E-state index in [1.54, 1.807) is 25.2 Å². The summed E-state index contributed by atoms with van der Waals surface area (Å²) in [4.78, 5) is 44.1. The van der Waals surface area contributed by atoms with Crippen LogP contribution >= 0.6 is 0 Å². The van der Waals surface area contributed by atoms with Gasteiger partial charge >= 0.3 is 5.97 Å². The molecule has 38 heavy (non-hydrogen) atoms. The van der Waals surface area contributed by atoms with E-state index in [4.69, 9.17) is 9.15 Å². The lowest BCUT2D eigenvalue weighted by Gasteiger charge is -2.29. The van der Waals surface area contributed by atoms with Crippen LogP contribution in [-0.2, 0) is 20.7 Å². The molecular weight excluding hydrogens is 493 g/mol. The largest absolute Gasteiger partial charge is 0.460 e. The molecule has 1 saturated heterocycles. The van der Waals surface area contributed by atoms with Crippen LogP contribution in [0.1, 0.15) is 63.3 Å². The number of aliphatic hydroxyl groups is 1. The second kappa shape index (κ2) is 13.5. The number of carbonyl (C=O) groups is 3. The van der Waals surface area contributed by atoms with E-state index in [2.05, 4.69) is 10.3 Å². The van der Waals surface area contributed by atoms with Gasteiger partial charge in [-0.25, -0.2) is 14.2 Å². The molecule has 10 heteroatoms. The SMILES string of the molecule is CC1=C\[C@@H](O)C[C@H](F)Cc2nc(co2)C(=O)N2CCC[C@@H]2C(=O)O[C@H](C(C)C)[C@H](C)/C=C/C(=O)NC\C=C\1. The number of cyclic esters (lactones) is 1. The van der Waals surface area contributed by atoms with E-state index in [0.717, 1.165) is 0 Å². The number of aromatic nitrogens is 1. The molecule has 5 atom stereocenters. The molecule has 1 aromatic rings. The Hall–Kier alpha value is -3.27. The number of rotatable bonds is 1. The van der Waals surface area contributed by atoms with Crippen LogP contribution in [-0.4, -0.2) is 70.3 Å². The summed E-state index contributed by atoms with van der Waals surface area (Å²) in [5, 5.41) is 13.0. The van der Waals surface area contributed by atoms with Gasteiger partial charge in [-0.15, -0.1) is 0 Å². The third kappa shape index (κ3) is 8.11. The molecule has 0 aliphatic carbocycles. The first kappa shape index (κ1) is 29.3. The molecule has 0 spiro atoms. The lowest BCUT2D eigenvalue weighted by Crippen LogP contribution is -2.44. The molecule has 2 aliphatic rings. The van der Waals surface area contributed by atoms with Crippen molar-refractivity contribution in [1.82, 2.24) is 15.2 Å². The van der Waals surface area contributed by atoms with Crippen molar-refractivity contribution in [2.24, 2.45) is 11.8 Å². The van der Waals surface area contributed by atoms with Crippen molar-refractivity contribution in [3.63, 3.8) is 0 Å². The lowest BCUT2D eigenvalue weighted by molar-refractivity contribution is -0.158. The first-order valence-electron chi connectivity index (χ1n) is 13.1. The van der Waals surface area contributed by atoms with Crippen LogP contribution < -0.4 is 5.32 Å². The summed E-state index contributed by atoms with van der Waals surface area (Å²) in [6, 6.07) is -0.768. The van der Waals surface area contributed by atoms with Gasteiger partial charge in [-0.05, 0) is 31.8 Å². The van der Waals surface area contributed by atoms with E-state index in [1.165, 1.54) is 23.3 Å². The summed E-state index contributed by atoms with van der Waals surface area (Å²) in [6.07, 6.45) is 7.01. The predicted octanol–water partition coefficient (Wildman–Crippen LogP) is 3.30. The van der Waals surface area contributed by atoms with E-state index >= 15 is 0 Å². The fourth-order valence-corrected chi connectivity index (χ4v) is 4.74. The quantitative estimate of drug-likeness (QED) is 0.533. The Morgan fingerprint density at radius 3 is 2.74 bits per heavy atom. The zero-order chi connectivity index (χ0) is 27.8. The van der Waals surface area contributed by atoms with Crippen LogP contribution in [0.4, 0.5) is 4.39 Å². The first-order valence-corrected chi connectivity index (χ1v) is 13.1. The van der Waals surface area contributed by atoms with E-state index < -0.39 is 36.3 Å². The fraction of sp³-hybridized carbons (Fsp3) is 0.571. The summed E-state index contributed by atoms with van der Waals surface area (Å²) in [5.41, 5.74) is 0.710. The number of hydrogen-bond acceptors (Lipinski definition) is 7. The number of nitrogens with one attached hydrogen (secondary N) is 1. The molecule has 2 bridgehead atoms. The number of amides is 2. The van der Waals surface area contributed by atoms with Crippen molar-refractivity contribution in [2.45, 2.75) is 77.8 Å². The number of ether oxygens (including phenoxy) is 1. The topological polar surface area (TPSA) is 122 Å². The first-order chi connectivity index (χ1) is 18.0. The molecule has 3 heterocycles. The Balaban J connectivity index is 1.85. The summed E-state index contributed by atoms with van der Waals surface area (Å²) in [7, 11) is 0. The number of halogens is 1. The van der Waals surface area contributed by atoms with Crippen molar-refractivity contribution >= 4 is 17.8 Å². The molecule has 2 amide bonds. The van der Waals surface area contributed by atoms with Crippen molar-refractivity contribution < 1.29 is 33.0 Å². The van der Waals surface area contributed by atoms with Gasteiger partial charge in [0.25, 0.3) is 5.91 Å². The molecular formula is C28H38FN3O6. The Morgan fingerprint density at radius 1 is 1.24 bits per heavy atom. The molecule has 208 valence electrons. The number of aliphatic hydroxyl groups excluding tert-OH is 1. The maximum Gasteiger partial charge on any atom is 0.329 e. The van der Waals surface area contributed by atoms with E-state index in [9.17, 15) is 23.9 Å². The highest BCUT2D eigenvalue weighted by Gasteiger charge is 2.38. The minimum atomic E-state index is -1.45. The van der Waals surface area contributed by atoms with Gasteiger partial charge in [0, 0.05) is 25.4 Å². The second-order valence-corrected chi connectivity index (χ2v) is 10.3. The number of hydrogen-bond donors (Lipinski definition) is 2. The molecule has 1 fully saturated rings. The standard InChI is InChI=1S/C28H38FN3O6/c1-17(2)26-19(4)9-10-24(34)30-11-5-7-18(3)13-21(33)14-20(29)15-25-31-22(16-37-25)27(35)32-12-6-8-23(32)28(36)38-26/h5,7,9-10,13,16-17,19-21,23,26,33H,6,8,11-12,14-15H2,1-4H3,(H,30,34)/b7-5+,10-9+,18-13+/t19-,20+,21-,23-,26-/m1/s1. The fourth-order valence-electron chi connectivity index (χ4n) is 4.74. The Kier molecular flexibility index (Phi) is 10.4. The van der Waals surface area contributed by atoms with Gasteiger partial charge in [-0.3, -0.25) is 9.59 Å². The highest BCUT2D eigenvalue weighted by molar-refractivity contribution is 5.95. The Bertz CT molecular complexity index is 1080. The number of allylic oxidation sites excluding steroid dienone is 2. The summed E-state index contributed by atoms with van der Waals surface area (Å²) in [5.74, 6) is -1.51. The van der Waals surface area contributed by atoms with Crippen LogP contribution in [0.3, 0.4) is 0 Å². The summed E-state index contributed by atoms with van der Waals surface area (Å²) >= 11 is 0. The molecule has 0 saturated carbocycles. The Morgan fingerprint density at radius 2 is 2.00 bits per heavy atom. The number of nitrogens with zero attached hydrogens (tertiary/aromatic N) is 2. The average Bonchev–Trinajstić information content (AvgIpc) is 3.52. The normalized spacial score (nSPS) is 31.7. The van der Waals surface area contributed by atoms with E-state index in [1.807, 2.05) is 20.8 Å². The summed E-state index contributed by atoms with van der Waals surface area (Å²) in [6.45, 7) is 8.13. The van der Waals surface area contributed by atoms with Crippen molar-refractivity contribution in [3.8, 4) is 0 Å². The zero-order valence-electron chi connectivity index (χ0n) is 22.4. The lowest BCUT2D eigenvalue weighted by atomic mass is 9.94. The van der Waals surface area contributed by atoms with E-state index in [0.29, 0.717) is 25.0 Å². The molecule has 1 aromatic heterocycles. The van der Waals surface area contributed by atoms with Gasteiger partial charge in [0.2, 0.25) is 5.91 Å². The van der Waals surface area contributed by atoms with Crippen molar-refractivity contribution in [3.05, 3.63) is 53.8 Å². The molecule has 9 nitrogen and oxygen atoms in total. The van der Waals surface area contributed by atoms with Gasteiger partial charge in [-0.1, -0.05) is 50.6 Å². The predicted molar refractivity (Wildman–Crippen MR) is 139 cm³/mol. The monoisotopic (exact) mass is 531 g/mol. The van der Waals surface area contributed by atoms with Crippen molar-refractivity contribution in [1.29, 1.82) is 0 Å². The molecule has 0 unspecified atom stereocenters. The number of oxazole rings is 1. The maximum absolute atomic E-state index is 14.6. The zero-order valence-corrected chi connectivity index (χ0v) is 22.4. The van der Waals surface area contributed by atoms with Gasteiger partial charge in [-0.2, -0.15) is 0 Å². The minimum Gasteiger partial charge on any atom is -0.460 e.